The molecular formula is C25H28Cl2N4O2S. The van der Waals surface area contributed by atoms with Crippen LogP contribution in [0, 0.1) is 0 Å². The second-order valence-electron chi connectivity index (χ2n) is 9.41. The molecule has 0 saturated carbocycles. The van der Waals surface area contributed by atoms with Crippen molar-refractivity contribution in [1.82, 2.24) is 19.7 Å². The minimum absolute atomic E-state index is 0.188. The topological polar surface area (TPSA) is 59.7 Å². The van der Waals surface area contributed by atoms with Crippen molar-refractivity contribution in [2.24, 2.45) is 0 Å². The fraction of sp³-hybridized carbons (Fsp3) is 0.440. The van der Waals surface area contributed by atoms with Gasteiger partial charge >= 0.3 is 0 Å². The van der Waals surface area contributed by atoms with Gasteiger partial charge in [0.05, 0.1) is 15.6 Å². The van der Waals surface area contributed by atoms with Crippen LogP contribution in [-0.4, -0.2) is 78.3 Å². The molecule has 1 aromatic carbocycles. The number of nitrogens with zero attached hydrogens (tertiary/aromatic N) is 3. The zero-order chi connectivity index (χ0) is 23.9. The summed E-state index contributed by atoms with van der Waals surface area (Å²) in [6.45, 7) is 4.45. The molecule has 2 aromatic heterocycles. The molecule has 2 aliphatic rings. The molecule has 1 N–H and O–H groups in total. The number of H-pyrrole nitrogens is 1. The lowest BCUT2D eigenvalue weighted by Crippen LogP contribution is -2.57. The molecule has 0 radical (unpaired) electrons. The van der Waals surface area contributed by atoms with Gasteiger partial charge in [-0.3, -0.25) is 9.59 Å². The molecule has 6 nitrogen and oxygen atoms in total. The van der Waals surface area contributed by atoms with Crippen LogP contribution in [-0.2, 0) is 21.4 Å². The average Bonchev–Trinajstić information content (AvgIpc) is 3.40. The van der Waals surface area contributed by atoms with Gasteiger partial charge in [0.25, 0.3) is 0 Å². The first-order chi connectivity index (χ1) is 16.4. The summed E-state index contributed by atoms with van der Waals surface area (Å²) in [6.07, 6.45) is 2.90. The highest BCUT2D eigenvalue weighted by Crippen LogP contribution is 2.40. The third-order valence-electron chi connectivity index (χ3n) is 7.25. The van der Waals surface area contributed by atoms with E-state index < -0.39 is 5.41 Å². The van der Waals surface area contributed by atoms with Crippen LogP contribution in [0.1, 0.15) is 29.0 Å². The number of benzene rings is 1. The van der Waals surface area contributed by atoms with E-state index in [1.807, 2.05) is 17.0 Å². The second kappa shape index (κ2) is 9.53. The largest absolute Gasteiger partial charge is 0.357 e. The number of likely N-dealkylation sites (N-methyl/N-ethyl adjacent to an activating group) is 1. The van der Waals surface area contributed by atoms with E-state index in [2.05, 4.69) is 29.1 Å². The predicted molar refractivity (Wildman–Crippen MR) is 138 cm³/mol. The Balaban J connectivity index is 1.43. The number of thiophene rings is 1. The molecule has 0 atom stereocenters. The van der Waals surface area contributed by atoms with Crippen LogP contribution in [0.25, 0.3) is 10.2 Å². The Morgan fingerprint density at radius 3 is 2.47 bits per heavy atom. The highest BCUT2D eigenvalue weighted by molar-refractivity contribution is 7.19. The van der Waals surface area contributed by atoms with Crippen LogP contribution in [0.15, 0.2) is 30.3 Å². The third kappa shape index (κ3) is 4.47. The molecule has 0 unspecified atom stereocenters. The zero-order valence-corrected chi connectivity index (χ0v) is 21.5. The molecule has 5 rings (SSSR count). The third-order valence-corrected chi connectivity index (χ3v) is 8.92. The molecule has 2 fully saturated rings. The van der Waals surface area contributed by atoms with Gasteiger partial charge in [-0.05, 0) is 49.7 Å². The van der Waals surface area contributed by atoms with Gasteiger partial charge in [0, 0.05) is 66.3 Å². The number of amides is 2. The Morgan fingerprint density at radius 2 is 1.82 bits per heavy atom. The molecule has 0 bridgehead atoms. The summed E-state index contributed by atoms with van der Waals surface area (Å²) in [5.74, 6) is 0.188. The molecular weight excluding hydrogens is 491 g/mol. The van der Waals surface area contributed by atoms with Crippen LogP contribution in [0.2, 0.25) is 10.0 Å². The Bertz CT molecular complexity index is 1180. The van der Waals surface area contributed by atoms with Crippen molar-refractivity contribution in [3.63, 3.8) is 0 Å². The van der Waals surface area contributed by atoms with Gasteiger partial charge in [-0.15, -0.1) is 11.3 Å². The number of rotatable bonds is 5. The monoisotopic (exact) mass is 518 g/mol. The van der Waals surface area contributed by atoms with Gasteiger partial charge in [0.2, 0.25) is 12.3 Å². The van der Waals surface area contributed by atoms with E-state index in [0.717, 1.165) is 60.5 Å². The number of hydrogen-bond acceptors (Lipinski definition) is 4. The fourth-order valence-electron chi connectivity index (χ4n) is 5.09. The van der Waals surface area contributed by atoms with E-state index in [4.69, 9.17) is 23.2 Å². The first-order valence-electron chi connectivity index (χ1n) is 11.6. The number of fused-ring (bicyclic) bond motifs is 1. The summed E-state index contributed by atoms with van der Waals surface area (Å²) >= 11 is 14.1. The van der Waals surface area contributed by atoms with E-state index in [-0.39, 0.29) is 5.91 Å². The van der Waals surface area contributed by atoms with Crippen LogP contribution in [0.4, 0.5) is 0 Å². The zero-order valence-electron chi connectivity index (χ0n) is 19.2. The van der Waals surface area contributed by atoms with Crippen molar-refractivity contribution in [1.29, 1.82) is 0 Å². The fourth-order valence-corrected chi connectivity index (χ4v) is 6.65. The SMILES string of the molecule is CN1CCN(C(=O)C2(c3cc4sc(Cc5ccc(Cl)cc5Cl)cc4[nH]3)CCN(C=O)CC2)CC1. The van der Waals surface area contributed by atoms with Crippen LogP contribution < -0.4 is 0 Å². The summed E-state index contributed by atoms with van der Waals surface area (Å²) in [6, 6.07) is 9.91. The summed E-state index contributed by atoms with van der Waals surface area (Å²) in [7, 11) is 2.09. The minimum Gasteiger partial charge on any atom is -0.357 e. The van der Waals surface area contributed by atoms with E-state index >= 15 is 0 Å². The number of aromatic amines is 1. The van der Waals surface area contributed by atoms with Gasteiger partial charge < -0.3 is 19.7 Å². The first-order valence-corrected chi connectivity index (χ1v) is 13.2. The molecule has 34 heavy (non-hydrogen) atoms. The molecule has 3 aromatic rings. The number of piperazine rings is 1. The van der Waals surface area contributed by atoms with Crippen molar-refractivity contribution in [3.05, 3.63) is 56.5 Å². The highest BCUT2D eigenvalue weighted by atomic mass is 35.5. The second-order valence-corrected chi connectivity index (χ2v) is 11.4. The van der Waals surface area contributed by atoms with Crippen molar-refractivity contribution in [2.75, 3.05) is 46.3 Å². The number of aromatic nitrogens is 1. The minimum atomic E-state index is -0.617. The number of halogens is 2. The van der Waals surface area contributed by atoms with E-state index in [1.54, 1.807) is 22.3 Å². The highest BCUT2D eigenvalue weighted by Gasteiger charge is 2.46. The van der Waals surface area contributed by atoms with Crippen molar-refractivity contribution in [2.45, 2.75) is 24.7 Å². The lowest BCUT2D eigenvalue weighted by atomic mass is 9.74. The van der Waals surface area contributed by atoms with Crippen LogP contribution in [0.5, 0.6) is 0 Å². The lowest BCUT2D eigenvalue weighted by molar-refractivity contribution is -0.142. The van der Waals surface area contributed by atoms with E-state index in [1.165, 1.54) is 4.88 Å². The Labute approximate surface area is 213 Å². The Kier molecular flexibility index (Phi) is 6.64. The smallest absolute Gasteiger partial charge is 0.234 e. The molecule has 0 aliphatic carbocycles. The maximum absolute atomic E-state index is 13.9. The predicted octanol–water partition coefficient (Wildman–Crippen LogP) is 4.39. The van der Waals surface area contributed by atoms with Crippen molar-refractivity contribution < 1.29 is 9.59 Å². The summed E-state index contributed by atoms with van der Waals surface area (Å²) < 4.78 is 1.14. The molecule has 4 heterocycles. The van der Waals surface area contributed by atoms with Crippen LogP contribution >= 0.6 is 34.5 Å². The number of piperidine rings is 1. The quantitative estimate of drug-likeness (QED) is 0.509. The molecule has 2 saturated heterocycles. The molecule has 0 spiro atoms. The molecule has 2 aliphatic heterocycles. The Hall–Kier alpha value is -2.06. The Morgan fingerprint density at radius 1 is 1.09 bits per heavy atom. The maximum atomic E-state index is 13.9. The van der Waals surface area contributed by atoms with Crippen molar-refractivity contribution >= 4 is 57.1 Å². The maximum Gasteiger partial charge on any atom is 0.234 e. The van der Waals surface area contributed by atoms with Gasteiger partial charge in [0.15, 0.2) is 0 Å². The standard InChI is InChI=1S/C25H28Cl2N4O2S/c1-29-8-10-31(11-9-29)24(33)25(4-6-30(16-32)7-5-25)23-15-22-21(28-23)14-19(34-22)12-17-2-3-18(26)13-20(17)27/h2-3,13-16,28H,4-12H2,1H3. The number of carbonyl (C=O) groups is 2. The van der Waals surface area contributed by atoms with Gasteiger partial charge in [0.1, 0.15) is 0 Å². The molecule has 180 valence electrons. The lowest BCUT2D eigenvalue weighted by Gasteiger charge is -2.43. The normalized spacial score (nSPS) is 19.0. The van der Waals surface area contributed by atoms with Crippen LogP contribution in [0.3, 0.4) is 0 Å². The molecule has 9 heteroatoms. The van der Waals surface area contributed by atoms with E-state index in [9.17, 15) is 9.59 Å². The summed E-state index contributed by atoms with van der Waals surface area (Å²) in [4.78, 5) is 36.1. The van der Waals surface area contributed by atoms with Gasteiger partial charge in [-0.1, -0.05) is 29.3 Å². The van der Waals surface area contributed by atoms with E-state index in [0.29, 0.717) is 36.0 Å². The number of hydrogen-bond donors (Lipinski definition) is 1. The number of likely N-dealkylation sites (tertiary alicyclic amines) is 1. The molecule has 2 amide bonds. The van der Waals surface area contributed by atoms with Gasteiger partial charge in [-0.2, -0.15) is 0 Å². The van der Waals surface area contributed by atoms with Crippen molar-refractivity contribution in [3.8, 4) is 0 Å². The average molecular weight is 519 g/mol. The van der Waals surface area contributed by atoms with Gasteiger partial charge in [-0.25, -0.2) is 0 Å². The first kappa shape index (κ1) is 23.7. The summed E-state index contributed by atoms with van der Waals surface area (Å²) in [5, 5.41) is 1.30. The number of carbonyl (C=O) groups excluding carboxylic acids is 2. The number of nitrogens with one attached hydrogen (secondary N) is 1. The summed E-state index contributed by atoms with van der Waals surface area (Å²) in [5.41, 5.74) is 2.44.